The van der Waals surface area contributed by atoms with Crippen LogP contribution in [0.25, 0.3) is 16.9 Å². The third kappa shape index (κ3) is 2.18. The van der Waals surface area contributed by atoms with Gasteiger partial charge in [-0.25, -0.2) is 9.97 Å². The highest BCUT2D eigenvalue weighted by molar-refractivity contribution is 9.10. The minimum Gasteiger partial charge on any atom is -0.295 e. The van der Waals surface area contributed by atoms with Gasteiger partial charge in [0.15, 0.2) is 11.2 Å². The van der Waals surface area contributed by atoms with Gasteiger partial charge in [0.1, 0.15) is 12.2 Å². The van der Waals surface area contributed by atoms with E-state index in [1.165, 1.54) is 0 Å². The highest BCUT2D eigenvalue weighted by atomic mass is 79.9. The summed E-state index contributed by atoms with van der Waals surface area (Å²) < 4.78 is 4.70. The molecule has 4 rings (SSSR count). The standard InChI is InChI=1S/C16H15BrN4O/c17-11-5-7-12(8-6-11)21-10-18-14-15(21)19-13-4-2-1-3-9-20(13)16(14)22/h5-8,10H,1-4,9H2. The van der Waals surface area contributed by atoms with Gasteiger partial charge in [0, 0.05) is 23.1 Å². The number of rotatable bonds is 1. The third-order valence-electron chi connectivity index (χ3n) is 4.12. The van der Waals surface area contributed by atoms with E-state index in [-0.39, 0.29) is 5.56 Å². The van der Waals surface area contributed by atoms with Crippen LogP contribution in [0.3, 0.4) is 0 Å². The van der Waals surface area contributed by atoms with E-state index in [9.17, 15) is 4.79 Å². The summed E-state index contributed by atoms with van der Waals surface area (Å²) in [5.74, 6) is 0.883. The Morgan fingerprint density at radius 3 is 2.73 bits per heavy atom. The largest absolute Gasteiger partial charge is 0.295 e. The zero-order valence-electron chi connectivity index (χ0n) is 12.0. The second-order valence-electron chi connectivity index (χ2n) is 5.56. The van der Waals surface area contributed by atoms with Crippen molar-refractivity contribution in [3.05, 3.63) is 51.2 Å². The topological polar surface area (TPSA) is 52.7 Å². The number of aryl methyl sites for hydroxylation is 1. The fourth-order valence-corrected chi connectivity index (χ4v) is 3.23. The Labute approximate surface area is 135 Å². The number of nitrogens with zero attached hydrogens (tertiary/aromatic N) is 4. The van der Waals surface area contributed by atoms with Crippen LogP contribution in [0.4, 0.5) is 0 Å². The molecule has 0 spiro atoms. The molecule has 0 atom stereocenters. The van der Waals surface area contributed by atoms with Crippen LogP contribution in [0.15, 0.2) is 39.9 Å². The summed E-state index contributed by atoms with van der Waals surface area (Å²) in [5.41, 5.74) is 2.04. The first kappa shape index (κ1) is 13.7. The number of fused-ring (bicyclic) bond motifs is 2. The molecular weight excluding hydrogens is 344 g/mol. The van der Waals surface area contributed by atoms with Crippen LogP contribution in [0.1, 0.15) is 25.1 Å². The number of halogens is 1. The lowest BCUT2D eigenvalue weighted by Crippen LogP contribution is -2.24. The van der Waals surface area contributed by atoms with E-state index in [0.717, 1.165) is 48.2 Å². The summed E-state index contributed by atoms with van der Waals surface area (Å²) in [7, 11) is 0. The molecule has 0 bridgehead atoms. The molecule has 0 fully saturated rings. The van der Waals surface area contributed by atoms with E-state index in [2.05, 4.69) is 20.9 Å². The first-order valence-corrected chi connectivity index (χ1v) is 8.26. The molecule has 2 aromatic heterocycles. The molecule has 0 amide bonds. The Hall–Kier alpha value is -1.95. The molecule has 3 aromatic rings. The number of hydrogen-bond donors (Lipinski definition) is 0. The molecule has 0 saturated carbocycles. The Kier molecular flexibility index (Phi) is 3.33. The second kappa shape index (κ2) is 5.35. The Balaban J connectivity index is 1.95. The van der Waals surface area contributed by atoms with Gasteiger partial charge in [0.05, 0.1) is 0 Å². The maximum Gasteiger partial charge on any atom is 0.281 e. The van der Waals surface area contributed by atoms with E-state index in [4.69, 9.17) is 4.98 Å². The maximum absolute atomic E-state index is 12.7. The second-order valence-corrected chi connectivity index (χ2v) is 6.47. The molecule has 22 heavy (non-hydrogen) atoms. The van der Waals surface area contributed by atoms with Crippen molar-refractivity contribution >= 4 is 27.1 Å². The molecule has 1 aliphatic rings. The van der Waals surface area contributed by atoms with E-state index >= 15 is 0 Å². The van der Waals surface area contributed by atoms with Crippen LogP contribution in [0.5, 0.6) is 0 Å². The average Bonchev–Trinajstić information content (AvgIpc) is 2.79. The van der Waals surface area contributed by atoms with Crippen LogP contribution >= 0.6 is 15.9 Å². The van der Waals surface area contributed by atoms with Crippen LogP contribution in [-0.4, -0.2) is 19.1 Å². The highest BCUT2D eigenvalue weighted by Crippen LogP contribution is 2.19. The lowest BCUT2D eigenvalue weighted by atomic mass is 10.2. The lowest BCUT2D eigenvalue weighted by Gasteiger charge is -2.09. The molecule has 1 aromatic carbocycles. The van der Waals surface area contributed by atoms with Gasteiger partial charge in [-0.2, -0.15) is 0 Å². The number of benzene rings is 1. The van der Waals surface area contributed by atoms with Gasteiger partial charge in [0.2, 0.25) is 0 Å². The van der Waals surface area contributed by atoms with Crippen molar-refractivity contribution in [1.29, 1.82) is 0 Å². The predicted octanol–water partition coefficient (Wildman–Crippen LogP) is 3.07. The van der Waals surface area contributed by atoms with Crippen LogP contribution in [0, 0.1) is 0 Å². The molecule has 0 N–H and O–H groups in total. The van der Waals surface area contributed by atoms with Gasteiger partial charge >= 0.3 is 0 Å². The lowest BCUT2D eigenvalue weighted by molar-refractivity contribution is 0.613. The summed E-state index contributed by atoms with van der Waals surface area (Å²) in [4.78, 5) is 21.7. The molecule has 0 radical (unpaired) electrons. The summed E-state index contributed by atoms with van der Waals surface area (Å²) in [5, 5.41) is 0. The van der Waals surface area contributed by atoms with Crippen LogP contribution in [0.2, 0.25) is 0 Å². The molecular formula is C16H15BrN4O. The predicted molar refractivity (Wildman–Crippen MR) is 88.4 cm³/mol. The Morgan fingerprint density at radius 1 is 1.09 bits per heavy atom. The molecule has 3 heterocycles. The van der Waals surface area contributed by atoms with Crippen LogP contribution in [-0.2, 0) is 13.0 Å². The fraction of sp³-hybridized carbons (Fsp3) is 0.312. The van der Waals surface area contributed by atoms with Gasteiger partial charge in [-0.3, -0.25) is 13.9 Å². The first-order valence-electron chi connectivity index (χ1n) is 7.47. The van der Waals surface area contributed by atoms with Crippen molar-refractivity contribution in [2.24, 2.45) is 0 Å². The summed E-state index contributed by atoms with van der Waals surface area (Å²) >= 11 is 3.43. The minimum atomic E-state index is -0.0160. The summed E-state index contributed by atoms with van der Waals surface area (Å²) in [6.45, 7) is 0.752. The molecule has 0 saturated heterocycles. The number of aromatic nitrogens is 4. The number of hydrogen-bond acceptors (Lipinski definition) is 3. The Bertz CT molecular complexity index is 895. The molecule has 0 aliphatic carbocycles. The van der Waals surface area contributed by atoms with E-state index < -0.39 is 0 Å². The van der Waals surface area contributed by atoms with Crippen molar-refractivity contribution in [3.63, 3.8) is 0 Å². The zero-order valence-corrected chi connectivity index (χ0v) is 13.6. The quantitative estimate of drug-likeness (QED) is 0.671. The molecule has 6 heteroatoms. The van der Waals surface area contributed by atoms with Crippen molar-refractivity contribution in [3.8, 4) is 5.69 Å². The fourth-order valence-electron chi connectivity index (χ4n) is 2.97. The summed E-state index contributed by atoms with van der Waals surface area (Å²) in [6, 6.07) is 7.90. The SMILES string of the molecule is O=c1c2ncn(-c3ccc(Br)cc3)c2nc2n1CCCCC2. The average molecular weight is 359 g/mol. The van der Waals surface area contributed by atoms with E-state index in [1.54, 1.807) is 10.9 Å². The monoisotopic (exact) mass is 358 g/mol. The van der Waals surface area contributed by atoms with Crippen molar-refractivity contribution in [1.82, 2.24) is 19.1 Å². The van der Waals surface area contributed by atoms with Gasteiger partial charge < -0.3 is 0 Å². The van der Waals surface area contributed by atoms with Gasteiger partial charge in [-0.1, -0.05) is 22.4 Å². The normalized spacial score (nSPS) is 14.8. The van der Waals surface area contributed by atoms with E-state index in [1.807, 2.05) is 28.8 Å². The molecule has 0 unspecified atom stereocenters. The van der Waals surface area contributed by atoms with Crippen molar-refractivity contribution < 1.29 is 0 Å². The molecule has 1 aliphatic heterocycles. The van der Waals surface area contributed by atoms with Crippen molar-refractivity contribution in [2.75, 3.05) is 0 Å². The smallest absolute Gasteiger partial charge is 0.281 e. The third-order valence-corrected chi connectivity index (χ3v) is 4.65. The Morgan fingerprint density at radius 2 is 1.91 bits per heavy atom. The minimum absolute atomic E-state index is 0.0160. The van der Waals surface area contributed by atoms with Gasteiger partial charge in [-0.05, 0) is 37.1 Å². The molecule has 5 nitrogen and oxygen atoms in total. The maximum atomic E-state index is 12.7. The first-order chi connectivity index (χ1) is 10.7. The van der Waals surface area contributed by atoms with E-state index in [0.29, 0.717) is 11.2 Å². The summed E-state index contributed by atoms with van der Waals surface area (Å²) in [6.07, 6.45) is 5.81. The van der Waals surface area contributed by atoms with Gasteiger partial charge in [-0.15, -0.1) is 0 Å². The highest BCUT2D eigenvalue weighted by Gasteiger charge is 2.17. The number of imidazole rings is 1. The molecule has 112 valence electrons. The zero-order chi connectivity index (χ0) is 15.1. The van der Waals surface area contributed by atoms with Crippen LogP contribution < -0.4 is 5.56 Å². The van der Waals surface area contributed by atoms with Gasteiger partial charge in [0.25, 0.3) is 5.56 Å². The van der Waals surface area contributed by atoms with Crippen molar-refractivity contribution in [2.45, 2.75) is 32.2 Å².